The lowest BCUT2D eigenvalue weighted by atomic mass is 10.2. The van der Waals surface area contributed by atoms with E-state index in [-0.39, 0.29) is 11.4 Å². The highest BCUT2D eigenvalue weighted by molar-refractivity contribution is 6.28. The Kier molecular flexibility index (Phi) is 2.53. The Hall–Kier alpha value is -2.02. The van der Waals surface area contributed by atoms with Crippen LogP contribution in [0.1, 0.15) is 0 Å². The highest BCUT2D eigenvalue weighted by Crippen LogP contribution is 2.24. The number of nitrogens with zero attached hydrogens (tertiary/aromatic N) is 1. The first-order valence-electron chi connectivity index (χ1n) is 4.49. The standard InChI is InChI=1S/C10H8N2O4/c13-9-5-6-10(14)11(9)7-3-1-2-4-8(7)12(15)16/h1-6,12,15H. The number of carbonyl (C=O) groups is 2. The first-order chi connectivity index (χ1) is 7.61. The van der Waals surface area contributed by atoms with Crippen LogP contribution in [-0.2, 0) is 9.59 Å². The number of carbonyl (C=O) groups excluding carboxylic acids is 2. The molecule has 0 saturated carbocycles. The zero-order valence-corrected chi connectivity index (χ0v) is 8.08. The second-order valence-corrected chi connectivity index (χ2v) is 3.17. The third-order valence-corrected chi connectivity index (χ3v) is 2.18. The maximum absolute atomic E-state index is 11.4. The van der Waals surface area contributed by atoms with E-state index in [9.17, 15) is 14.8 Å². The first-order valence-corrected chi connectivity index (χ1v) is 4.49. The molecular weight excluding hydrogens is 212 g/mol. The van der Waals surface area contributed by atoms with Crippen LogP contribution in [0, 0.1) is 5.21 Å². The van der Waals surface area contributed by atoms with Crippen molar-refractivity contribution in [2.45, 2.75) is 0 Å². The molecule has 1 atom stereocenters. The summed E-state index contributed by atoms with van der Waals surface area (Å²) in [5, 5.41) is 18.7. The lowest BCUT2D eigenvalue weighted by Gasteiger charge is -2.20. The van der Waals surface area contributed by atoms with Crippen molar-refractivity contribution < 1.29 is 20.0 Å². The topological polar surface area (TPSA) is 85.1 Å². The number of hydrogen-bond acceptors (Lipinski definition) is 4. The largest absolute Gasteiger partial charge is 0.595 e. The van der Waals surface area contributed by atoms with Crippen molar-refractivity contribution in [1.29, 1.82) is 0 Å². The Labute approximate surface area is 90.5 Å². The molecule has 2 rings (SSSR count). The summed E-state index contributed by atoms with van der Waals surface area (Å²) in [6.45, 7) is 0. The molecule has 0 aliphatic carbocycles. The average molecular weight is 220 g/mol. The number of amides is 2. The van der Waals surface area contributed by atoms with Crippen LogP contribution in [0.5, 0.6) is 0 Å². The number of para-hydroxylation sites is 2. The molecule has 2 amide bonds. The number of imide groups is 1. The van der Waals surface area contributed by atoms with Gasteiger partial charge in [0.2, 0.25) is 0 Å². The van der Waals surface area contributed by atoms with Crippen molar-refractivity contribution in [1.82, 2.24) is 0 Å². The SMILES string of the molecule is O=C1C=CC(=O)N1c1ccccc1[NH+]([O-])O. The first kappa shape index (κ1) is 10.5. The molecule has 1 aliphatic rings. The van der Waals surface area contributed by atoms with Gasteiger partial charge in [0.1, 0.15) is 5.69 Å². The van der Waals surface area contributed by atoms with E-state index >= 15 is 0 Å². The lowest BCUT2D eigenvalue weighted by molar-refractivity contribution is -0.990. The van der Waals surface area contributed by atoms with Gasteiger partial charge in [0.25, 0.3) is 11.8 Å². The van der Waals surface area contributed by atoms with Crippen molar-refractivity contribution in [3.63, 3.8) is 0 Å². The van der Waals surface area contributed by atoms with Gasteiger partial charge >= 0.3 is 0 Å². The number of nitrogens with one attached hydrogen (secondary N) is 1. The summed E-state index contributed by atoms with van der Waals surface area (Å²) in [6, 6.07) is 5.87. The number of rotatable bonds is 2. The minimum absolute atomic E-state index is 0.0760. The van der Waals surface area contributed by atoms with Crippen LogP contribution in [0.15, 0.2) is 36.4 Å². The number of benzene rings is 1. The average Bonchev–Trinajstić information content (AvgIpc) is 2.58. The molecule has 0 radical (unpaired) electrons. The summed E-state index contributed by atoms with van der Waals surface area (Å²) < 4.78 is 0. The van der Waals surface area contributed by atoms with E-state index in [4.69, 9.17) is 5.21 Å². The Morgan fingerprint density at radius 3 is 2.25 bits per heavy atom. The van der Waals surface area contributed by atoms with Gasteiger partial charge in [-0.3, -0.25) is 9.59 Å². The summed E-state index contributed by atoms with van der Waals surface area (Å²) in [7, 11) is 0. The molecule has 0 saturated heterocycles. The van der Waals surface area contributed by atoms with Gasteiger partial charge in [0, 0.05) is 18.2 Å². The van der Waals surface area contributed by atoms with Crippen LogP contribution in [0.25, 0.3) is 0 Å². The van der Waals surface area contributed by atoms with Crippen molar-refractivity contribution in [3.05, 3.63) is 41.6 Å². The maximum Gasteiger partial charge on any atom is 0.258 e. The molecule has 6 heteroatoms. The maximum atomic E-state index is 11.4. The number of hydrogen-bond donors (Lipinski definition) is 2. The Bertz CT molecular complexity index is 463. The zero-order chi connectivity index (χ0) is 11.7. The molecule has 2 N–H and O–H groups in total. The third-order valence-electron chi connectivity index (χ3n) is 2.18. The highest BCUT2D eigenvalue weighted by Gasteiger charge is 2.28. The van der Waals surface area contributed by atoms with Gasteiger partial charge in [0.15, 0.2) is 5.69 Å². The molecule has 1 aromatic carbocycles. The summed E-state index contributed by atoms with van der Waals surface area (Å²) in [6.07, 6.45) is 2.22. The van der Waals surface area contributed by atoms with Crippen LogP contribution in [0.3, 0.4) is 0 Å². The van der Waals surface area contributed by atoms with Crippen molar-refractivity contribution >= 4 is 23.2 Å². The van der Waals surface area contributed by atoms with Gasteiger partial charge in [0.05, 0.1) is 0 Å². The van der Waals surface area contributed by atoms with E-state index in [1.807, 2.05) is 0 Å². The predicted octanol–water partition coefficient (Wildman–Crippen LogP) is -0.481. The Morgan fingerprint density at radius 1 is 1.12 bits per heavy atom. The molecular formula is C10H8N2O4. The van der Waals surface area contributed by atoms with Gasteiger partial charge in [-0.15, -0.1) is 0 Å². The third kappa shape index (κ3) is 1.61. The van der Waals surface area contributed by atoms with Crippen molar-refractivity contribution in [2.24, 2.45) is 0 Å². The Morgan fingerprint density at radius 2 is 1.69 bits per heavy atom. The van der Waals surface area contributed by atoms with Crippen LogP contribution >= 0.6 is 0 Å². The monoisotopic (exact) mass is 220 g/mol. The van der Waals surface area contributed by atoms with Gasteiger partial charge in [-0.1, -0.05) is 12.1 Å². The fourth-order valence-electron chi connectivity index (χ4n) is 1.49. The highest BCUT2D eigenvalue weighted by atomic mass is 16.8. The van der Waals surface area contributed by atoms with Crippen molar-refractivity contribution in [2.75, 3.05) is 4.90 Å². The summed E-state index contributed by atoms with van der Waals surface area (Å²) in [5.74, 6) is -1.06. The molecule has 1 aliphatic heterocycles. The minimum Gasteiger partial charge on any atom is -0.595 e. The van der Waals surface area contributed by atoms with Crippen LogP contribution in [0.2, 0.25) is 0 Å². The second kappa shape index (κ2) is 3.86. The quantitative estimate of drug-likeness (QED) is 0.520. The molecule has 0 bridgehead atoms. The van der Waals surface area contributed by atoms with Gasteiger partial charge < -0.3 is 5.21 Å². The zero-order valence-electron chi connectivity index (χ0n) is 8.08. The van der Waals surface area contributed by atoms with E-state index in [0.717, 1.165) is 17.1 Å². The lowest BCUT2D eigenvalue weighted by Crippen LogP contribution is -2.99. The van der Waals surface area contributed by atoms with Gasteiger partial charge in [-0.2, -0.15) is 5.23 Å². The molecule has 16 heavy (non-hydrogen) atoms. The van der Waals surface area contributed by atoms with E-state index in [2.05, 4.69) is 0 Å². The summed E-state index contributed by atoms with van der Waals surface area (Å²) in [5.41, 5.74) is 0.0166. The van der Waals surface area contributed by atoms with E-state index in [1.165, 1.54) is 18.2 Å². The second-order valence-electron chi connectivity index (χ2n) is 3.17. The van der Waals surface area contributed by atoms with Crippen LogP contribution in [-0.4, -0.2) is 17.0 Å². The Balaban J connectivity index is 2.48. The molecule has 1 unspecified atom stereocenters. The van der Waals surface area contributed by atoms with E-state index < -0.39 is 17.0 Å². The fourth-order valence-corrected chi connectivity index (χ4v) is 1.49. The molecule has 0 aromatic heterocycles. The molecule has 6 nitrogen and oxygen atoms in total. The fraction of sp³-hybridized carbons (Fsp3) is 0. The molecule has 1 aromatic rings. The van der Waals surface area contributed by atoms with Crippen LogP contribution in [0.4, 0.5) is 11.4 Å². The summed E-state index contributed by atoms with van der Waals surface area (Å²) in [4.78, 5) is 23.6. The minimum atomic E-state index is -1.18. The molecule has 82 valence electrons. The predicted molar refractivity (Wildman–Crippen MR) is 53.9 cm³/mol. The summed E-state index contributed by atoms with van der Waals surface area (Å²) >= 11 is 0. The van der Waals surface area contributed by atoms with E-state index in [1.54, 1.807) is 6.07 Å². The van der Waals surface area contributed by atoms with Gasteiger partial charge in [-0.25, -0.2) is 10.1 Å². The molecule has 1 heterocycles. The number of anilines is 1. The van der Waals surface area contributed by atoms with Gasteiger partial charge in [-0.05, 0) is 6.07 Å². The normalized spacial score (nSPS) is 17.0. The van der Waals surface area contributed by atoms with E-state index in [0.29, 0.717) is 0 Å². The van der Waals surface area contributed by atoms with Crippen LogP contribution < -0.4 is 10.1 Å². The smallest absolute Gasteiger partial charge is 0.258 e. The molecule has 0 spiro atoms. The number of quaternary nitrogens is 1. The van der Waals surface area contributed by atoms with Crippen molar-refractivity contribution in [3.8, 4) is 0 Å². The molecule has 0 fully saturated rings.